The average Bonchev–Trinajstić information content (AvgIpc) is 2.91. The van der Waals surface area contributed by atoms with Gasteiger partial charge in [-0.1, -0.05) is 92.3 Å². The van der Waals surface area contributed by atoms with Crippen LogP contribution in [0.2, 0.25) is 0 Å². The first-order chi connectivity index (χ1) is 19.8. The van der Waals surface area contributed by atoms with Crippen LogP contribution >= 0.6 is 0 Å². The molecule has 0 aromatic heterocycles. The zero-order valence-electron chi connectivity index (χ0n) is 25.9. The molecule has 0 aliphatic heterocycles. The molecular formula is C34H50N2O6. The lowest BCUT2D eigenvalue weighted by molar-refractivity contribution is -0.139. The lowest BCUT2D eigenvalue weighted by atomic mass is 10.1. The molecule has 0 saturated carbocycles. The van der Waals surface area contributed by atoms with Gasteiger partial charge in [0.05, 0.1) is 18.4 Å². The summed E-state index contributed by atoms with van der Waals surface area (Å²) in [5.74, 6) is -1.81. The molecule has 0 bridgehead atoms. The highest BCUT2D eigenvalue weighted by atomic mass is 16.4. The minimum atomic E-state index is -0.942. The van der Waals surface area contributed by atoms with Gasteiger partial charge in [0.25, 0.3) is 0 Å². The smallest absolute Gasteiger partial charge is 0.310 e. The van der Waals surface area contributed by atoms with E-state index in [1.165, 1.54) is 0 Å². The number of carbonyl (C=O) groups excluding carboxylic acids is 2. The Morgan fingerprint density at radius 1 is 0.810 bits per heavy atom. The second-order valence-electron chi connectivity index (χ2n) is 10.6. The van der Waals surface area contributed by atoms with Crippen molar-refractivity contribution in [3.05, 3.63) is 95.8 Å². The summed E-state index contributed by atoms with van der Waals surface area (Å²) in [6.45, 7) is 11.5. The summed E-state index contributed by atoms with van der Waals surface area (Å²) in [6.07, 6.45) is 23.7. The van der Waals surface area contributed by atoms with E-state index in [2.05, 4.69) is 10.6 Å². The fraction of sp³-hybridized carbons (Fsp3) is 0.441. The van der Waals surface area contributed by atoms with Crippen molar-refractivity contribution in [1.82, 2.24) is 10.6 Å². The summed E-state index contributed by atoms with van der Waals surface area (Å²) in [5, 5.41) is 34.4. The highest BCUT2D eigenvalue weighted by molar-refractivity contribution is 5.80. The molecule has 42 heavy (non-hydrogen) atoms. The quantitative estimate of drug-likeness (QED) is 0.101. The molecule has 0 rings (SSSR count). The van der Waals surface area contributed by atoms with Gasteiger partial charge in [-0.3, -0.25) is 14.4 Å². The maximum atomic E-state index is 12.2. The van der Waals surface area contributed by atoms with E-state index < -0.39 is 24.1 Å². The number of nitrogens with one attached hydrogen (secondary N) is 2. The Morgan fingerprint density at radius 3 is 2.14 bits per heavy atom. The van der Waals surface area contributed by atoms with E-state index in [-0.39, 0.29) is 24.2 Å². The van der Waals surface area contributed by atoms with Gasteiger partial charge in [-0.15, -0.1) is 0 Å². The predicted molar refractivity (Wildman–Crippen MR) is 170 cm³/mol. The number of hydrogen-bond donors (Lipinski definition) is 5. The Kier molecular flexibility index (Phi) is 20.8. The van der Waals surface area contributed by atoms with Gasteiger partial charge in [0, 0.05) is 12.2 Å². The van der Waals surface area contributed by atoms with Crippen molar-refractivity contribution in [1.29, 1.82) is 0 Å². The Morgan fingerprint density at radius 2 is 1.48 bits per heavy atom. The molecule has 8 nitrogen and oxygen atoms in total. The molecule has 0 aromatic carbocycles. The van der Waals surface area contributed by atoms with E-state index >= 15 is 0 Å². The van der Waals surface area contributed by atoms with Crippen LogP contribution in [0.5, 0.6) is 0 Å². The number of amides is 2. The molecular weight excluding hydrogens is 532 g/mol. The lowest BCUT2D eigenvalue weighted by Crippen LogP contribution is -2.35. The number of hydrogen-bond acceptors (Lipinski definition) is 5. The molecule has 0 fully saturated rings. The second kappa shape index (κ2) is 22.9. The van der Waals surface area contributed by atoms with Crippen molar-refractivity contribution in [2.45, 2.75) is 79.4 Å². The minimum absolute atomic E-state index is 0.0719. The maximum absolute atomic E-state index is 12.2. The first kappa shape index (κ1) is 38.2. The third-order valence-corrected chi connectivity index (χ3v) is 5.88. The van der Waals surface area contributed by atoms with Gasteiger partial charge < -0.3 is 26.0 Å². The Labute approximate surface area is 251 Å². The topological polar surface area (TPSA) is 136 Å². The van der Waals surface area contributed by atoms with Crippen LogP contribution in [0.15, 0.2) is 95.8 Å². The number of carboxylic acids is 1. The molecule has 2 amide bonds. The van der Waals surface area contributed by atoms with Crippen LogP contribution in [-0.4, -0.2) is 51.9 Å². The van der Waals surface area contributed by atoms with E-state index in [0.717, 1.165) is 18.4 Å². The molecule has 0 spiro atoms. The molecule has 0 saturated heterocycles. The van der Waals surface area contributed by atoms with Crippen molar-refractivity contribution in [2.24, 2.45) is 11.8 Å². The molecule has 3 atom stereocenters. The first-order valence-corrected chi connectivity index (χ1v) is 14.4. The fourth-order valence-corrected chi connectivity index (χ4v) is 3.29. The summed E-state index contributed by atoms with van der Waals surface area (Å²) in [4.78, 5) is 34.7. The summed E-state index contributed by atoms with van der Waals surface area (Å²) >= 11 is 0. The largest absolute Gasteiger partial charge is 0.481 e. The minimum Gasteiger partial charge on any atom is -0.481 e. The second-order valence-corrected chi connectivity index (χ2v) is 10.6. The maximum Gasteiger partial charge on any atom is 0.310 e. The molecule has 8 heteroatoms. The van der Waals surface area contributed by atoms with Crippen LogP contribution in [0.4, 0.5) is 0 Å². The van der Waals surface area contributed by atoms with Crippen LogP contribution in [0, 0.1) is 11.8 Å². The number of carboxylic acid groups (broad SMARTS) is 1. The van der Waals surface area contributed by atoms with Gasteiger partial charge >= 0.3 is 5.97 Å². The molecule has 0 radical (unpaired) electrons. The van der Waals surface area contributed by atoms with Gasteiger partial charge in [-0.05, 0) is 64.5 Å². The summed E-state index contributed by atoms with van der Waals surface area (Å²) < 4.78 is 0. The number of rotatable bonds is 19. The van der Waals surface area contributed by atoms with Gasteiger partial charge in [-0.25, -0.2) is 0 Å². The average molecular weight is 583 g/mol. The normalized spacial score (nSPS) is 15.9. The highest BCUT2D eigenvalue weighted by Gasteiger charge is 2.15. The summed E-state index contributed by atoms with van der Waals surface area (Å²) in [6, 6.07) is 0. The number of carbonyl (C=O) groups is 3. The number of aliphatic hydroxyl groups is 2. The third-order valence-electron chi connectivity index (χ3n) is 5.88. The number of aliphatic carboxylic acids is 1. The van der Waals surface area contributed by atoms with Crippen LogP contribution < -0.4 is 10.6 Å². The highest BCUT2D eigenvalue weighted by Crippen LogP contribution is 2.07. The van der Waals surface area contributed by atoms with Gasteiger partial charge in [0.15, 0.2) is 0 Å². The SMILES string of the molecule is C/C(=C/C=C/C=C/C(C)C(=O)O)NC(=O)CC(O)\C(C)=C/C=C\C=C(C)\C=C\C=C/CCCNC(=O)[C@@H](O)CC(C)C. The standard InChI is InChI=1S/C34H50N2O6/c1-25(2)23-31(38)33(40)35-22-16-9-7-8-11-17-26(3)18-14-15-19-27(4)30(37)24-32(39)36-29(6)21-13-10-12-20-28(5)34(41)42/h7-8,10-15,17-21,25,28,30-31,37-38H,9,16,22-24H2,1-6H3,(H,35,40)(H,36,39)(H,41,42)/b8-7-,13-10+,15-14-,17-11+,20-12+,26-18+,27-19-,29-21-/t28?,30?,31-/m0/s1. The monoisotopic (exact) mass is 582 g/mol. The van der Waals surface area contributed by atoms with Crippen molar-refractivity contribution < 1.29 is 29.7 Å². The summed E-state index contributed by atoms with van der Waals surface area (Å²) in [7, 11) is 0. The molecule has 2 unspecified atom stereocenters. The predicted octanol–water partition coefficient (Wildman–Crippen LogP) is 5.46. The van der Waals surface area contributed by atoms with E-state index in [4.69, 9.17) is 5.11 Å². The van der Waals surface area contributed by atoms with Gasteiger partial charge in [-0.2, -0.15) is 0 Å². The zero-order valence-corrected chi connectivity index (χ0v) is 25.9. The van der Waals surface area contributed by atoms with Crippen LogP contribution in [0.1, 0.15) is 67.2 Å². The first-order valence-electron chi connectivity index (χ1n) is 14.4. The molecule has 0 aromatic rings. The van der Waals surface area contributed by atoms with Crippen LogP contribution in [0.25, 0.3) is 0 Å². The fourth-order valence-electron chi connectivity index (χ4n) is 3.29. The van der Waals surface area contributed by atoms with E-state index in [9.17, 15) is 24.6 Å². The number of unbranched alkanes of at least 4 members (excludes halogenated alkanes) is 1. The van der Waals surface area contributed by atoms with Gasteiger partial charge in [0.2, 0.25) is 11.8 Å². The Balaban J connectivity index is 4.45. The molecule has 0 heterocycles. The molecule has 0 aliphatic carbocycles. The number of allylic oxidation sites excluding steroid dienone is 14. The van der Waals surface area contributed by atoms with E-state index in [0.29, 0.717) is 24.2 Å². The zero-order chi connectivity index (χ0) is 31.9. The Bertz CT molecular complexity index is 1090. The van der Waals surface area contributed by atoms with Crippen molar-refractivity contribution in [3.63, 3.8) is 0 Å². The number of aliphatic hydroxyl groups excluding tert-OH is 2. The van der Waals surface area contributed by atoms with E-state index in [1.807, 2.05) is 63.3 Å². The van der Waals surface area contributed by atoms with E-state index in [1.54, 1.807) is 57.2 Å². The molecule has 5 N–H and O–H groups in total. The molecule has 232 valence electrons. The van der Waals surface area contributed by atoms with Gasteiger partial charge in [0.1, 0.15) is 6.10 Å². The van der Waals surface area contributed by atoms with Crippen molar-refractivity contribution >= 4 is 17.8 Å². The summed E-state index contributed by atoms with van der Waals surface area (Å²) in [5.41, 5.74) is 2.31. The Hall–Kier alpha value is -3.75. The van der Waals surface area contributed by atoms with Crippen LogP contribution in [0.3, 0.4) is 0 Å². The lowest BCUT2D eigenvalue weighted by Gasteiger charge is -2.12. The molecule has 0 aliphatic rings. The van der Waals surface area contributed by atoms with Crippen molar-refractivity contribution in [2.75, 3.05) is 6.54 Å². The van der Waals surface area contributed by atoms with Crippen LogP contribution in [-0.2, 0) is 14.4 Å². The third kappa shape index (κ3) is 21.1. The van der Waals surface area contributed by atoms with Crippen molar-refractivity contribution in [3.8, 4) is 0 Å².